The molecule has 0 aromatic heterocycles. The molecule has 0 aromatic rings. The molecule has 46 valence electrons. The van der Waals surface area contributed by atoms with E-state index in [-0.39, 0.29) is 58.2 Å². The van der Waals surface area contributed by atoms with Crippen LogP contribution in [-0.4, -0.2) is 69.3 Å². The molecular formula is C6H9O2Rb. The summed E-state index contributed by atoms with van der Waals surface area (Å²) < 4.78 is 0. The zero-order chi connectivity index (χ0) is 6.41. The molecule has 0 fully saturated rings. The van der Waals surface area contributed by atoms with Crippen LogP contribution in [-0.2, 0) is 4.79 Å². The number of rotatable bonds is 2. The van der Waals surface area contributed by atoms with Crippen molar-refractivity contribution in [1.82, 2.24) is 0 Å². The Bertz CT molecular complexity index is 127. The van der Waals surface area contributed by atoms with Crippen molar-refractivity contribution in [1.29, 1.82) is 0 Å². The van der Waals surface area contributed by atoms with Gasteiger partial charge in [0.25, 0.3) is 0 Å². The van der Waals surface area contributed by atoms with E-state index in [4.69, 9.17) is 5.11 Å². The fraction of sp³-hybridized carbons (Fsp3) is 0.167. The van der Waals surface area contributed by atoms with Crippen LogP contribution in [0.3, 0.4) is 0 Å². The molecule has 0 heterocycles. The number of carboxylic acid groups (broad SMARTS) is 1. The van der Waals surface area contributed by atoms with Gasteiger partial charge in [-0.3, -0.25) is 0 Å². The molecule has 0 saturated carbocycles. The molecule has 0 atom stereocenters. The first-order valence-corrected chi connectivity index (χ1v) is 2.29. The number of hydrogen-bond donors (Lipinski definition) is 1. The van der Waals surface area contributed by atoms with Gasteiger partial charge in [0.15, 0.2) is 0 Å². The Kier molecular flexibility index (Phi) is 12.1. The Morgan fingerprint density at radius 1 is 1.44 bits per heavy atom. The van der Waals surface area contributed by atoms with Crippen LogP contribution in [0.5, 0.6) is 0 Å². The monoisotopic (exact) mass is 198 g/mol. The van der Waals surface area contributed by atoms with E-state index in [1.54, 1.807) is 12.2 Å². The topological polar surface area (TPSA) is 37.3 Å². The molecule has 0 saturated heterocycles. The van der Waals surface area contributed by atoms with Gasteiger partial charge in [0.2, 0.25) is 0 Å². The van der Waals surface area contributed by atoms with Gasteiger partial charge >= 0.3 is 64.2 Å². The van der Waals surface area contributed by atoms with Gasteiger partial charge < -0.3 is 5.11 Å². The predicted molar refractivity (Wildman–Crippen MR) is 38.7 cm³/mol. The van der Waals surface area contributed by atoms with Crippen LogP contribution in [0.4, 0.5) is 0 Å². The number of allylic oxidation sites excluding steroid dienone is 3. The number of carboxylic acids is 1. The van der Waals surface area contributed by atoms with Crippen LogP contribution in [0.25, 0.3) is 0 Å². The number of carbonyl (C=O) groups is 1. The maximum atomic E-state index is 9.75. The summed E-state index contributed by atoms with van der Waals surface area (Å²) in [5.41, 5.74) is 0. The summed E-state index contributed by atoms with van der Waals surface area (Å²) in [4.78, 5) is 9.75. The van der Waals surface area contributed by atoms with E-state index in [1.165, 1.54) is 6.08 Å². The summed E-state index contributed by atoms with van der Waals surface area (Å²) in [5, 5.41) is 8.02. The Labute approximate surface area is 103 Å². The molecular weight excluding hydrogens is 190 g/mol. The van der Waals surface area contributed by atoms with Gasteiger partial charge in [-0.15, -0.1) is 0 Å². The second-order valence-electron chi connectivity index (χ2n) is 1.22. The van der Waals surface area contributed by atoms with Crippen molar-refractivity contribution in [3.05, 3.63) is 24.3 Å². The van der Waals surface area contributed by atoms with Crippen LogP contribution in [0, 0.1) is 0 Å². The van der Waals surface area contributed by atoms with Crippen LogP contribution in [0.1, 0.15) is 6.92 Å². The van der Waals surface area contributed by atoms with E-state index in [0.717, 1.165) is 6.08 Å². The zero-order valence-corrected chi connectivity index (χ0v) is 4.66. The summed E-state index contributed by atoms with van der Waals surface area (Å²) in [5.74, 6) is -0.914. The average molecular weight is 199 g/mol. The molecule has 0 aromatic carbocycles. The zero-order valence-electron chi connectivity index (χ0n) is 4.66. The second kappa shape index (κ2) is 8.76. The minimum atomic E-state index is -0.914. The first-order valence-electron chi connectivity index (χ1n) is 2.29. The predicted octanol–water partition coefficient (Wildman–Crippen LogP) is 0.555. The van der Waals surface area contributed by atoms with Crippen LogP contribution < -0.4 is 0 Å². The van der Waals surface area contributed by atoms with Gasteiger partial charge in [-0.1, -0.05) is 18.2 Å². The molecule has 0 rings (SSSR count). The maximum absolute atomic E-state index is 9.75. The van der Waals surface area contributed by atoms with Crippen LogP contribution >= 0.6 is 0 Å². The molecule has 0 bridgehead atoms. The standard InChI is InChI=1S/C6H8O2.Rb.H/c1-2-3-4-5-6(7)8;;/h2-5H,1H3,(H,7,8);;. The fourth-order valence-corrected chi connectivity index (χ4v) is 0.249. The summed E-state index contributed by atoms with van der Waals surface area (Å²) in [7, 11) is 0. The molecule has 3 heteroatoms. The number of hydrogen-bond acceptors (Lipinski definition) is 1. The first-order chi connectivity index (χ1) is 3.77. The van der Waals surface area contributed by atoms with Gasteiger partial charge in [-0.2, -0.15) is 0 Å². The summed E-state index contributed by atoms with van der Waals surface area (Å²) >= 11 is 0. The van der Waals surface area contributed by atoms with E-state index in [9.17, 15) is 4.79 Å². The van der Waals surface area contributed by atoms with E-state index < -0.39 is 5.97 Å². The van der Waals surface area contributed by atoms with Crippen molar-refractivity contribution < 1.29 is 9.90 Å². The SMILES string of the molecule is CC=CC=CC(=O)O.[RbH]. The van der Waals surface area contributed by atoms with Crippen molar-refractivity contribution in [2.75, 3.05) is 0 Å². The van der Waals surface area contributed by atoms with Gasteiger partial charge in [0.1, 0.15) is 0 Å². The van der Waals surface area contributed by atoms with Crippen molar-refractivity contribution in [2.24, 2.45) is 0 Å². The third-order valence-corrected chi connectivity index (χ3v) is 0.542. The Hall–Kier alpha value is 0.755. The minimum absolute atomic E-state index is 0. The summed E-state index contributed by atoms with van der Waals surface area (Å²) in [6.45, 7) is 1.83. The quantitative estimate of drug-likeness (QED) is 0.520. The van der Waals surface area contributed by atoms with E-state index >= 15 is 0 Å². The summed E-state index contributed by atoms with van der Waals surface area (Å²) in [6, 6.07) is 0. The Morgan fingerprint density at radius 3 is 2.33 bits per heavy atom. The third-order valence-electron chi connectivity index (χ3n) is 0.542. The fourth-order valence-electron chi connectivity index (χ4n) is 0.249. The van der Waals surface area contributed by atoms with E-state index in [2.05, 4.69) is 0 Å². The molecule has 1 N–H and O–H groups in total. The average Bonchev–Trinajstić information content (AvgIpc) is 1.66. The van der Waals surface area contributed by atoms with E-state index in [1.807, 2.05) is 6.92 Å². The van der Waals surface area contributed by atoms with Crippen molar-refractivity contribution in [2.45, 2.75) is 6.92 Å². The molecule has 0 spiro atoms. The summed E-state index contributed by atoms with van der Waals surface area (Å²) in [6.07, 6.45) is 5.98. The van der Waals surface area contributed by atoms with Crippen molar-refractivity contribution in [3.63, 3.8) is 0 Å². The van der Waals surface area contributed by atoms with Crippen molar-refractivity contribution >= 4 is 64.2 Å². The van der Waals surface area contributed by atoms with E-state index in [0.29, 0.717) is 0 Å². The second-order valence-corrected chi connectivity index (χ2v) is 1.22. The third kappa shape index (κ3) is 12.1. The molecule has 0 unspecified atom stereocenters. The molecule has 0 aliphatic rings. The first kappa shape index (κ1) is 12.4. The molecule has 0 aliphatic carbocycles. The van der Waals surface area contributed by atoms with Gasteiger partial charge in [-0.25, -0.2) is 4.79 Å². The molecule has 0 aliphatic heterocycles. The van der Waals surface area contributed by atoms with Crippen LogP contribution in [0.15, 0.2) is 24.3 Å². The molecule has 2 nitrogen and oxygen atoms in total. The van der Waals surface area contributed by atoms with Gasteiger partial charge in [-0.05, 0) is 6.92 Å². The van der Waals surface area contributed by atoms with Gasteiger partial charge in [0, 0.05) is 6.08 Å². The van der Waals surface area contributed by atoms with Crippen molar-refractivity contribution in [3.8, 4) is 0 Å². The normalized spacial score (nSPS) is 9.89. The molecule has 9 heavy (non-hydrogen) atoms. The molecule has 0 amide bonds. The Morgan fingerprint density at radius 2 is 2.00 bits per heavy atom. The molecule has 0 radical (unpaired) electrons. The number of aliphatic carboxylic acids is 1. The van der Waals surface area contributed by atoms with Gasteiger partial charge in [0.05, 0.1) is 0 Å². The Balaban J connectivity index is 0. The van der Waals surface area contributed by atoms with Crippen LogP contribution in [0.2, 0.25) is 0 Å².